The fraction of sp³-hybridized carbons (Fsp3) is 0.533. The normalized spacial score (nSPS) is 10.9. The van der Waals surface area contributed by atoms with Gasteiger partial charge >= 0.3 is 0 Å². The molecule has 0 fully saturated rings. The van der Waals surface area contributed by atoms with E-state index >= 15 is 0 Å². The van der Waals surface area contributed by atoms with Crippen molar-refractivity contribution in [1.29, 1.82) is 0 Å². The van der Waals surface area contributed by atoms with Crippen LogP contribution in [-0.4, -0.2) is 38.8 Å². The molecule has 0 aliphatic rings. The van der Waals surface area contributed by atoms with Crippen LogP contribution < -0.4 is 10.6 Å². The zero-order chi connectivity index (χ0) is 14.6. The van der Waals surface area contributed by atoms with Crippen LogP contribution >= 0.6 is 24.0 Å². The van der Waals surface area contributed by atoms with E-state index in [-0.39, 0.29) is 29.8 Å². The van der Waals surface area contributed by atoms with Crippen molar-refractivity contribution in [2.45, 2.75) is 20.3 Å². The van der Waals surface area contributed by atoms with Gasteiger partial charge in [0, 0.05) is 19.7 Å². The number of halogens is 2. The van der Waals surface area contributed by atoms with Crippen LogP contribution in [0.2, 0.25) is 0 Å². The monoisotopic (exact) mass is 409 g/mol. The molecule has 2 N–H and O–H groups in total. The second kappa shape index (κ2) is 12.8. The Morgan fingerprint density at radius 3 is 2.67 bits per heavy atom. The number of rotatable bonds is 8. The van der Waals surface area contributed by atoms with Gasteiger partial charge in [0.15, 0.2) is 5.96 Å². The molecule has 0 saturated carbocycles. The van der Waals surface area contributed by atoms with Crippen LogP contribution in [0.4, 0.5) is 4.39 Å². The predicted molar refractivity (Wildman–Crippen MR) is 96.0 cm³/mol. The Balaban J connectivity index is 0.00000400. The van der Waals surface area contributed by atoms with Gasteiger partial charge in [-0.15, -0.1) is 24.0 Å². The van der Waals surface area contributed by atoms with Gasteiger partial charge in [0.05, 0.1) is 13.2 Å². The van der Waals surface area contributed by atoms with Crippen LogP contribution in [0.25, 0.3) is 0 Å². The van der Waals surface area contributed by atoms with E-state index < -0.39 is 0 Å². The summed E-state index contributed by atoms with van der Waals surface area (Å²) >= 11 is 0. The van der Waals surface area contributed by atoms with E-state index in [0.717, 1.165) is 12.5 Å². The van der Waals surface area contributed by atoms with E-state index in [1.165, 1.54) is 6.07 Å². The Labute approximate surface area is 143 Å². The molecule has 6 heteroatoms. The van der Waals surface area contributed by atoms with Gasteiger partial charge in [-0.25, -0.2) is 4.39 Å². The van der Waals surface area contributed by atoms with Gasteiger partial charge in [-0.1, -0.05) is 18.2 Å². The number of hydrogen-bond acceptors (Lipinski definition) is 2. The van der Waals surface area contributed by atoms with Gasteiger partial charge in [-0.3, -0.25) is 4.99 Å². The average molecular weight is 409 g/mol. The van der Waals surface area contributed by atoms with Gasteiger partial charge < -0.3 is 15.4 Å². The molecule has 0 heterocycles. The molecule has 1 rings (SSSR count). The number of benzene rings is 1. The van der Waals surface area contributed by atoms with Crippen molar-refractivity contribution in [3.05, 3.63) is 35.6 Å². The Kier molecular flexibility index (Phi) is 12.3. The zero-order valence-corrected chi connectivity index (χ0v) is 15.0. The molecule has 0 radical (unpaired) electrons. The molecular weight excluding hydrogens is 384 g/mol. The molecule has 0 aromatic heterocycles. The molecule has 1 aromatic carbocycles. The summed E-state index contributed by atoms with van der Waals surface area (Å²) in [7, 11) is 0. The van der Waals surface area contributed by atoms with Crippen molar-refractivity contribution >= 4 is 29.9 Å². The van der Waals surface area contributed by atoms with Crippen LogP contribution in [0, 0.1) is 5.82 Å². The van der Waals surface area contributed by atoms with Crippen molar-refractivity contribution in [1.82, 2.24) is 10.6 Å². The Morgan fingerprint density at radius 1 is 1.24 bits per heavy atom. The van der Waals surface area contributed by atoms with Gasteiger partial charge in [-0.05, 0) is 31.9 Å². The minimum Gasteiger partial charge on any atom is -0.380 e. The SMILES string of the molecule is CCNC(=NCCOCC)NCCc1ccccc1F.I. The van der Waals surface area contributed by atoms with Gasteiger partial charge in [-0.2, -0.15) is 0 Å². The number of hydrogen-bond donors (Lipinski definition) is 2. The summed E-state index contributed by atoms with van der Waals surface area (Å²) in [6.07, 6.45) is 0.628. The Morgan fingerprint density at radius 2 is 2.00 bits per heavy atom. The molecule has 1 aromatic rings. The summed E-state index contributed by atoms with van der Waals surface area (Å²) in [6.45, 7) is 7.33. The van der Waals surface area contributed by atoms with Crippen molar-refractivity contribution in [2.24, 2.45) is 4.99 Å². The number of nitrogens with zero attached hydrogens (tertiary/aromatic N) is 1. The molecule has 0 amide bonds. The van der Waals surface area contributed by atoms with E-state index in [1.54, 1.807) is 12.1 Å². The first-order valence-electron chi connectivity index (χ1n) is 7.11. The van der Waals surface area contributed by atoms with Crippen molar-refractivity contribution in [2.75, 3.05) is 32.8 Å². The highest BCUT2D eigenvalue weighted by Gasteiger charge is 2.01. The molecule has 4 nitrogen and oxygen atoms in total. The summed E-state index contributed by atoms with van der Waals surface area (Å²) in [6, 6.07) is 6.83. The highest BCUT2D eigenvalue weighted by atomic mass is 127. The van der Waals surface area contributed by atoms with E-state index in [4.69, 9.17) is 4.74 Å². The predicted octanol–water partition coefficient (Wildman–Crippen LogP) is 2.58. The first-order valence-corrected chi connectivity index (χ1v) is 7.11. The van der Waals surface area contributed by atoms with Crippen LogP contribution in [-0.2, 0) is 11.2 Å². The third-order valence-electron chi connectivity index (χ3n) is 2.70. The van der Waals surface area contributed by atoms with Gasteiger partial charge in [0.1, 0.15) is 5.82 Å². The quantitative estimate of drug-likeness (QED) is 0.300. The number of aliphatic imine (C=N–C) groups is 1. The average Bonchev–Trinajstić information content (AvgIpc) is 2.45. The molecule has 120 valence electrons. The lowest BCUT2D eigenvalue weighted by atomic mass is 10.1. The zero-order valence-electron chi connectivity index (χ0n) is 12.7. The summed E-state index contributed by atoms with van der Waals surface area (Å²) in [5.74, 6) is 0.580. The molecule has 0 aliphatic carbocycles. The molecule has 0 aliphatic heterocycles. The highest BCUT2D eigenvalue weighted by Crippen LogP contribution is 2.05. The number of ether oxygens (including phenoxy) is 1. The van der Waals surface area contributed by atoms with E-state index in [1.807, 2.05) is 19.9 Å². The molecule has 0 saturated heterocycles. The fourth-order valence-electron chi connectivity index (χ4n) is 1.72. The number of nitrogens with one attached hydrogen (secondary N) is 2. The maximum absolute atomic E-state index is 13.5. The minimum atomic E-state index is -0.160. The minimum absolute atomic E-state index is 0. The maximum atomic E-state index is 13.5. The van der Waals surface area contributed by atoms with Crippen LogP contribution in [0.3, 0.4) is 0 Å². The van der Waals surface area contributed by atoms with Crippen LogP contribution in [0.5, 0.6) is 0 Å². The third-order valence-corrected chi connectivity index (χ3v) is 2.70. The van der Waals surface area contributed by atoms with Gasteiger partial charge in [0.2, 0.25) is 0 Å². The van der Waals surface area contributed by atoms with Crippen LogP contribution in [0.1, 0.15) is 19.4 Å². The first kappa shape index (κ1) is 20.1. The van der Waals surface area contributed by atoms with E-state index in [0.29, 0.717) is 38.3 Å². The lowest BCUT2D eigenvalue weighted by Gasteiger charge is -2.11. The molecule has 0 bridgehead atoms. The molecule has 0 unspecified atom stereocenters. The first-order chi connectivity index (χ1) is 9.77. The summed E-state index contributed by atoms with van der Waals surface area (Å²) in [4.78, 5) is 4.38. The van der Waals surface area contributed by atoms with Crippen molar-refractivity contribution in [3.63, 3.8) is 0 Å². The van der Waals surface area contributed by atoms with E-state index in [2.05, 4.69) is 15.6 Å². The van der Waals surface area contributed by atoms with Crippen molar-refractivity contribution < 1.29 is 9.13 Å². The standard InChI is InChI=1S/C15H24FN3O.HI/c1-3-17-15(19-11-12-20-4-2)18-10-9-13-7-5-6-8-14(13)16;/h5-8H,3-4,9-12H2,1-2H3,(H2,17,18,19);1H. The topological polar surface area (TPSA) is 45.7 Å². The Bertz CT molecular complexity index is 416. The molecule has 21 heavy (non-hydrogen) atoms. The number of guanidine groups is 1. The third kappa shape index (κ3) is 8.87. The molecule has 0 spiro atoms. The highest BCUT2D eigenvalue weighted by molar-refractivity contribution is 14.0. The lowest BCUT2D eigenvalue weighted by Crippen LogP contribution is -2.38. The summed E-state index contributed by atoms with van der Waals surface area (Å²) in [5.41, 5.74) is 0.713. The van der Waals surface area contributed by atoms with Gasteiger partial charge in [0.25, 0.3) is 0 Å². The van der Waals surface area contributed by atoms with Crippen molar-refractivity contribution in [3.8, 4) is 0 Å². The molecule has 0 atom stereocenters. The lowest BCUT2D eigenvalue weighted by molar-refractivity contribution is 0.155. The largest absolute Gasteiger partial charge is 0.380 e. The Hall–Kier alpha value is -0.890. The summed E-state index contributed by atoms with van der Waals surface area (Å²) < 4.78 is 18.7. The van der Waals surface area contributed by atoms with Crippen LogP contribution in [0.15, 0.2) is 29.3 Å². The maximum Gasteiger partial charge on any atom is 0.191 e. The molecular formula is C15H25FIN3O. The smallest absolute Gasteiger partial charge is 0.191 e. The second-order valence-corrected chi connectivity index (χ2v) is 4.23. The summed E-state index contributed by atoms with van der Waals surface area (Å²) in [5, 5.41) is 6.34. The second-order valence-electron chi connectivity index (χ2n) is 4.23. The fourth-order valence-corrected chi connectivity index (χ4v) is 1.72. The van der Waals surface area contributed by atoms with E-state index in [9.17, 15) is 4.39 Å².